The zero-order valence-corrected chi connectivity index (χ0v) is 15.5. The lowest BCUT2D eigenvalue weighted by Crippen LogP contribution is -2.37. The first-order valence-electron chi connectivity index (χ1n) is 9.37. The first-order chi connectivity index (χ1) is 13.2. The molecule has 2 amide bonds. The van der Waals surface area contributed by atoms with Crippen molar-refractivity contribution in [1.29, 1.82) is 0 Å². The van der Waals surface area contributed by atoms with E-state index in [4.69, 9.17) is 9.47 Å². The van der Waals surface area contributed by atoms with Crippen LogP contribution in [0.4, 0.5) is 4.79 Å². The number of carbonyl (C=O) groups is 1. The lowest BCUT2D eigenvalue weighted by atomic mass is 9.98. The van der Waals surface area contributed by atoms with Crippen LogP contribution in [0, 0.1) is 0 Å². The van der Waals surface area contributed by atoms with Crippen molar-refractivity contribution >= 4 is 6.03 Å². The molecule has 3 aliphatic rings. The SMILES string of the molecule is COc1ccc(C2CCN(C(=O)N3C=COC(C4=CC=CCC4)=C3)C2)cc1. The second kappa shape index (κ2) is 7.74. The molecule has 2 heterocycles. The van der Waals surface area contributed by atoms with Crippen LogP contribution in [0.3, 0.4) is 0 Å². The summed E-state index contributed by atoms with van der Waals surface area (Å²) in [6, 6.07) is 8.13. The molecule has 1 saturated heterocycles. The molecule has 0 bridgehead atoms. The van der Waals surface area contributed by atoms with Crippen LogP contribution in [0.25, 0.3) is 0 Å². The predicted molar refractivity (Wildman–Crippen MR) is 104 cm³/mol. The van der Waals surface area contributed by atoms with E-state index < -0.39 is 0 Å². The fourth-order valence-electron chi connectivity index (χ4n) is 3.70. The summed E-state index contributed by atoms with van der Waals surface area (Å²) in [6.45, 7) is 1.49. The van der Waals surface area contributed by atoms with Gasteiger partial charge in [-0.25, -0.2) is 4.79 Å². The highest BCUT2D eigenvalue weighted by atomic mass is 16.5. The van der Waals surface area contributed by atoms with Crippen LogP contribution in [0.15, 0.2) is 72.5 Å². The molecule has 1 aromatic rings. The summed E-state index contributed by atoms with van der Waals surface area (Å²) < 4.78 is 10.9. The Kier molecular flexibility index (Phi) is 5.01. The maximum Gasteiger partial charge on any atom is 0.328 e. The Bertz CT molecular complexity index is 820. The second-order valence-electron chi connectivity index (χ2n) is 6.95. The molecule has 140 valence electrons. The number of benzene rings is 1. The van der Waals surface area contributed by atoms with E-state index in [0.717, 1.165) is 49.4 Å². The van der Waals surface area contributed by atoms with Crippen molar-refractivity contribution in [3.63, 3.8) is 0 Å². The molecule has 4 rings (SSSR count). The van der Waals surface area contributed by atoms with Crippen molar-refractivity contribution in [3.05, 3.63) is 78.1 Å². The average molecular weight is 364 g/mol. The summed E-state index contributed by atoms with van der Waals surface area (Å²) in [5.74, 6) is 1.97. The molecule has 5 nitrogen and oxygen atoms in total. The highest BCUT2D eigenvalue weighted by Gasteiger charge is 2.30. The Morgan fingerprint density at radius 3 is 2.85 bits per heavy atom. The molecule has 1 atom stereocenters. The van der Waals surface area contributed by atoms with E-state index in [0.29, 0.717) is 5.92 Å². The van der Waals surface area contributed by atoms with Crippen LogP contribution in [0.5, 0.6) is 5.75 Å². The number of allylic oxidation sites excluding steroid dienone is 4. The monoisotopic (exact) mass is 364 g/mol. The quantitative estimate of drug-likeness (QED) is 0.792. The van der Waals surface area contributed by atoms with E-state index in [9.17, 15) is 4.79 Å². The number of hydrogen-bond acceptors (Lipinski definition) is 3. The van der Waals surface area contributed by atoms with Crippen LogP contribution in [-0.4, -0.2) is 36.0 Å². The Hall–Kier alpha value is -2.95. The van der Waals surface area contributed by atoms with Crippen molar-refractivity contribution in [2.45, 2.75) is 25.2 Å². The van der Waals surface area contributed by atoms with Gasteiger partial charge in [-0.2, -0.15) is 0 Å². The van der Waals surface area contributed by atoms with E-state index >= 15 is 0 Å². The van der Waals surface area contributed by atoms with E-state index in [2.05, 4.69) is 18.2 Å². The van der Waals surface area contributed by atoms with Crippen LogP contribution in [-0.2, 0) is 4.74 Å². The summed E-state index contributed by atoms with van der Waals surface area (Å²) in [6.07, 6.45) is 14.2. The first kappa shape index (κ1) is 17.5. The molecule has 1 aliphatic carbocycles. The van der Waals surface area contributed by atoms with Crippen molar-refractivity contribution in [2.75, 3.05) is 20.2 Å². The second-order valence-corrected chi connectivity index (χ2v) is 6.95. The zero-order chi connectivity index (χ0) is 18.6. The van der Waals surface area contributed by atoms with Gasteiger partial charge in [0.1, 0.15) is 17.8 Å². The fourth-order valence-corrected chi connectivity index (χ4v) is 3.70. The number of likely N-dealkylation sites (tertiary alicyclic amines) is 1. The van der Waals surface area contributed by atoms with E-state index in [-0.39, 0.29) is 6.03 Å². The van der Waals surface area contributed by atoms with Crippen LogP contribution < -0.4 is 4.74 Å². The van der Waals surface area contributed by atoms with Crippen molar-refractivity contribution in [3.8, 4) is 5.75 Å². The largest absolute Gasteiger partial charge is 0.497 e. The summed E-state index contributed by atoms with van der Waals surface area (Å²) in [4.78, 5) is 16.5. The molecule has 1 fully saturated rings. The van der Waals surface area contributed by atoms with Gasteiger partial charge in [0.15, 0.2) is 0 Å². The lowest BCUT2D eigenvalue weighted by molar-refractivity contribution is 0.185. The lowest BCUT2D eigenvalue weighted by Gasteiger charge is -2.26. The van der Waals surface area contributed by atoms with Crippen LogP contribution in [0.2, 0.25) is 0 Å². The molecule has 1 aromatic carbocycles. The Morgan fingerprint density at radius 2 is 2.11 bits per heavy atom. The minimum Gasteiger partial charge on any atom is -0.497 e. The third-order valence-electron chi connectivity index (χ3n) is 5.27. The maximum absolute atomic E-state index is 13.0. The fraction of sp³-hybridized carbons (Fsp3) is 0.318. The number of rotatable bonds is 3. The molecule has 0 spiro atoms. The molecule has 1 unspecified atom stereocenters. The van der Waals surface area contributed by atoms with E-state index in [1.54, 1.807) is 30.7 Å². The Labute approximate surface area is 159 Å². The molecule has 2 aliphatic heterocycles. The molecular formula is C22H24N2O3. The maximum atomic E-state index is 13.0. The minimum absolute atomic E-state index is 0.00462. The Morgan fingerprint density at radius 1 is 1.26 bits per heavy atom. The van der Waals surface area contributed by atoms with Gasteiger partial charge in [-0.3, -0.25) is 4.90 Å². The minimum atomic E-state index is -0.00462. The smallest absolute Gasteiger partial charge is 0.328 e. The van der Waals surface area contributed by atoms with Gasteiger partial charge in [-0.05, 0) is 42.5 Å². The number of methoxy groups -OCH3 is 1. The standard InChI is InChI=1S/C22H24N2O3/c1-26-20-9-7-17(8-10-20)19-11-12-23(15-19)22(25)24-13-14-27-21(16-24)18-5-3-2-4-6-18/h2-3,5,7-10,13-14,16,19H,4,6,11-12,15H2,1H3. The van der Waals surface area contributed by atoms with Crippen LogP contribution >= 0.6 is 0 Å². The third-order valence-corrected chi connectivity index (χ3v) is 5.27. The van der Waals surface area contributed by atoms with Gasteiger partial charge < -0.3 is 14.4 Å². The zero-order valence-electron chi connectivity index (χ0n) is 15.5. The topological polar surface area (TPSA) is 42.0 Å². The number of nitrogens with zero attached hydrogens (tertiary/aromatic N) is 2. The normalized spacial score (nSPS) is 21.6. The predicted octanol–water partition coefficient (Wildman–Crippen LogP) is 4.53. The van der Waals surface area contributed by atoms with Gasteiger partial charge >= 0.3 is 6.03 Å². The average Bonchev–Trinajstić information content (AvgIpc) is 3.24. The molecule has 0 N–H and O–H groups in total. The summed E-state index contributed by atoms with van der Waals surface area (Å²) in [5, 5.41) is 0. The number of urea groups is 1. The van der Waals surface area contributed by atoms with Gasteiger partial charge in [0.05, 0.1) is 13.3 Å². The molecule has 5 heteroatoms. The van der Waals surface area contributed by atoms with Gasteiger partial charge in [0.2, 0.25) is 0 Å². The number of carbonyl (C=O) groups excluding carboxylic acids is 1. The number of amides is 2. The molecule has 0 aromatic heterocycles. The molecule has 0 radical (unpaired) electrons. The summed E-state index contributed by atoms with van der Waals surface area (Å²) >= 11 is 0. The van der Waals surface area contributed by atoms with Crippen molar-refractivity contribution < 1.29 is 14.3 Å². The Balaban J connectivity index is 1.42. The van der Waals surface area contributed by atoms with Crippen molar-refractivity contribution in [1.82, 2.24) is 9.80 Å². The van der Waals surface area contributed by atoms with Crippen LogP contribution in [0.1, 0.15) is 30.7 Å². The molecular weight excluding hydrogens is 340 g/mol. The van der Waals surface area contributed by atoms with Gasteiger partial charge in [0, 0.05) is 25.2 Å². The van der Waals surface area contributed by atoms with Gasteiger partial charge in [-0.1, -0.05) is 30.4 Å². The molecule has 0 saturated carbocycles. The first-order valence-corrected chi connectivity index (χ1v) is 9.37. The highest BCUT2D eigenvalue weighted by molar-refractivity contribution is 5.77. The summed E-state index contributed by atoms with van der Waals surface area (Å²) in [7, 11) is 1.67. The summed E-state index contributed by atoms with van der Waals surface area (Å²) in [5.41, 5.74) is 2.37. The third kappa shape index (κ3) is 3.77. The number of hydrogen-bond donors (Lipinski definition) is 0. The van der Waals surface area contributed by atoms with E-state index in [1.807, 2.05) is 29.2 Å². The highest BCUT2D eigenvalue weighted by Crippen LogP contribution is 2.30. The van der Waals surface area contributed by atoms with E-state index in [1.165, 1.54) is 5.56 Å². The van der Waals surface area contributed by atoms with Gasteiger partial charge in [0.25, 0.3) is 0 Å². The van der Waals surface area contributed by atoms with Gasteiger partial charge in [-0.15, -0.1) is 0 Å². The van der Waals surface area contributed by atoms with Crippen molar-refractivity contribution in [2.24, 2.45) is 0 Å². The molecule has 27 heavy (non-hydrogen) atoms. The number of ether oxygens (including phenoxy) is 2.